The lowest BCUT2D eigenvalue weighted by Crippen LogP contribution is -2.20. The van der Waals surface area contributed by atoms with Crippen LogP contribution in [-0.4, -0.2) is 17.5 Å². The topological polar surface area (TPSA) is 26.0 Å². The highest BCUT2D eigenvalue weighted by molar-refractivity contribution is 7.99. The molecule has 1 aromatic rings. The largest absolute Gasteiger partial charge is 0.328 e. The van der Waals surface area contributed by atoms with E-state index in [-0.39, 0.29) is 0 Å². The molecule has 0 bridgehead atoms. The van der Waals surface area contributed by atoms with Gasteiger partial charge in [-0.2, -0.15) is 11.8 Å². The van der Waals surface area contributed by atoms with Gasteiger partial charge in [-0.15, -0.1) is 0 Å². The van der Waals surface area contributed by atoms with Gasteiger partial charge in [-0.1, -0.05) is 24.3 Å². The molecule has 2 atom stereocenters. The third-order valence-corrected chi connectivity index (χ3v) is 4.16. The van der Waals surface area contributed by atoms with E-state index in [0.29, 0.717) is 6.04 Å². The van der Waals surface area contributed by atoms with E-state index in [1.54, 1.807) is 11.1 Å². The first-order valence-corrected chi connectivity index (χ1v) is 6.84. The first kappa shape index (κ1) is 11.0. The van der Waals surface area contributed by atoms with E-state index in [4.69, 9.17) is 5.73 Å². The molecule has 1 nitrogen and oxygen atoms in total. The van der Waals surface area contributed by atoms with Crippen molar-refractivity contribution in [2.45, 2.75) is 31.7 Å². The summed E-state index contributed by atoms with van der Waals surface area (Å²) < 4.78 is 0. The smallest absolute Gasteiger partial charge is 0.00183 e. The molecule has 82 valence electrons. The molecule has 0 fully saturated rings. The number of benzene rings is 1. The van der Waals surface area contributed by atoms with Gasteiger partial charge in [0.25, 0.3) is 0 Å². The summed E-state index contributed by atoms with van der Waals surface area (Å²) >= 11 is 2.05. The zero-order valence-corrected chi connectivity index (χ0v) is 10.1. The van der Waals surface area contributed by atoms with Crippen molar-refractivity contribution >= 4 is 11.8 Å². The lowest BCUT2D eigenvalue weighted by Gasteiger charge is -2.29. The van der Waals surface area contributed by atoms with Crippen LogP contribution in [0.3, 0.4) is 0 Å². The van der Waals surface area contributed by atoms with Gasteiger partial charge in [0.05, 0.1) is 0 Å². The van der Waals surface area contributed by atoms with Gasteiger partial charge in [0.15, 0.2) is 0 Å². The first-order valence-electron chi connectivity index (χ1n) is 5.68. The fraction of sp³-hybridized carbons (Fsp3) is 0.538. The van der Waals surface area contributed by atoms with Crippen molar-refractivity contribution in [1.29, 1.82) is 0 Å². The highest BCUT2D eigenvalue weighted by atomic mass is 32.2. The first-order chi connectivity index (χ1) is 7.27. The Morgan fingerprint density at radius 3 is 3.00 bits per heavy atom. The minimum absolute atomic E-state index is 0.353. The number of thioether (sulfide) groups is 1. The standard InChI is InChI=1S/C13H19NS/c1-10(14)6-7-15-9-12-8-11-4-2-3-5-13(11)12/h2-5,10,12H,6-9,14H2,1H3. The summed E-state index contributed by atoms with van der Waals surface area (Å²) in [4.78, 5) is 0. The van der Waals surface area contributed by atoms with Crippen LogP contribution in [0.15, 0.2) is 24.3 Å². The SMILES string of the molecule is CC(N)CCSCC1Cc2ccccc21. The summed E-state index contributed by atoms with van der Waals surface area (Å²) in [5, 5.41) is 0. The fourth-order valence-corrected chi connectivity index (χ4v) is 3.29. The van der Waals surface area contributed by atoms with Crippen molar-refractivity contribution in [2.24, 2.45) is 5.73 Å². The molecule has 0 radical (unpaired) electrons. The van der Waals surface area contributed by atoms with Crippen LogP contribution in [-0.2, 0) is 6.42 Å². The van der Waals surface area contributed by atoms with Crippen LogP contribution in [0.2, 0.25) is 0 Å². The Kier molecular flexibility index (Phi) is 3.71. The lowest BCUT2D eigenvalue weighted by molar-refractivity contribution is 0.674. The van der Waals surface area contributed by atoms with Crippen molar-refractivity contribution in [3.63, 3.8) is 0 Å². The van der Waals surface area contributed by atoms with E-state index in [1.807, 2.05) is 11.8 Å². The van der Waals surface area contributed by atoms with Crippen LogP contribution >= 0.6 is 11.8 Å². The molecule has 1 aliphatic carbocycles. The molecule has 2 N–H and O–H groups in total. The molecule has 0 saturated heterocycles. The molecule has 0 spiro atoms. The van der Waals surface area contributed by atoms with Crippen LogP contribution < -0.4 is 5.73 Å². The third kappa shape index (κ3) is 2.76. The van der Waals surface area contributed by atoms with Crippen molar-refractivity contribution in [1.82, 2.24) is 0 Å². The minimum atomic E-state index is 0.353. The molecular weight excluding hydrogens is 202 g/mol. The molecule has 0 amide bonds. The summed E-state index contributed by atoms with van der Waals surface area (Å²) in [6.45, 7) is 2.08. The Balaban J connectivity index is 1.71. The molecule has 2 heteroatoms. The highest BCUT2D eigenvalue weighted by Gasteiger charge is 2.24. The molecule has 0 aliphatic heterocycles. The average Bonchev–Trinajstić information content (AvgIpc) is 2.18. The zero-order chi connectivity index (χ0) is 10.7. The van der Waals surface area contributed by atoms with Gasteiger partial charge in [0.1, 0.15) is 0 Å². The van der Waals surface area contributed by atoms with Gasteiger partial charge >= 0.3 is 0 Å². The van der Waals surface area contributed by atoms with Gasteiger partial charge in [0.2, 0.25) is 0 Å². The van der Waals surface area contributed by atoms with Crippen molar-refractivity contribution in [3.8, 4) is 0 Å². The molecule has 15 heavy (non-hydrogen) atoms. The van der Waals surface area contributed by atoms with Crippen molar-refractivity contribution < 1.29 is 0 Å². The second-order valence-corrected chi connectivity index (χ2v) is 5.59. The maximum atomic E-state index is 5.72. The van der Waals surface area contributed by atoms with E-state index >= 15 is 0 Å². The van der Waals surface area contributed by atoms with Gasteiger partial charge in [0, 0.05) is 11.8 Å². The van der Waals surface area contributed by atoms with Crippen LogP contribution in [0.4, 0.5) is 0 Å². The van der Waals surface area contributed by atoms with Gasteiger partial charge in [-0.25, -0.2) is 0 Å². The predicted octanol–water partition coefficient (Wildman–Crippen LogP) is 2.80. The number of rotatable bonds is 5. The minimum Gasteiger partial charge on any atom is -0.328 e. The molecule has 1 aliphatic rings. The molecular formula is C13H19NS. The zero-order valence-electron chi connectivity index (χ0n) is 9.28. The Bertz CT molecular complexity index is 322. The quantitative estimate of drug-likeness (QED) is 0.774. The Morgan fingerprint density at radius 1 is 1.47 bits per heavy atom. The summed E-state index contributed by atoms with van der Waals surface area (Å²) in [6, 6.07) is 9.16. The molecule has 0 heterocycles. The number of fused-ring (bicyclic) bond motifs is 1. The molecule has 2 rings (SSSR count). The van der Waals surface area contributed by atoms with Gasteiger partial charge < -0.3 is 5.73 Å². The lowest BCUT2D eigenvalue weighted by atomic mass is 9.79. The highest BCUT2D eigenvalue weighted by Crippen LogP contribution is 2.36. The van der Waals surface area contributed by atoms with Crippen LogP contribution in [0, 0.1) is 0 Å². The average molecular weight is 221 g/mol. The maximum absolute atomic E-state index is 5.72. The Morgan fingerprint density at radius 2 is 2.27 bits per heavy atom. The summed E-state index contributed by atoms with van der Waals surface area (Å²) in [5.74, 6) is 3.28. The van der Waals surface area contributed by atoms with E-state index in [2.05, 4.69) is 31.2 Å². The van der Waals surface area contributed by atoms with E-state index in [0.717, 1.165) is 12.3 Å². The number of hydrogen-bond donors (Lipinski definition) is 1. The Hall–Kier alpha value is -0.470. The van der Waals surface area contributed by atoms with Crippen LogP contribution in [0.25, 0.3) is 0 Å². The normalized spacial score (nSPS) is 20.5. The Labute approximate surface area is 96.4 Å². The van der Waals surface area contributed by atoms with E-state index in [1.165, 1.54) is 17.9 Å². The van der Waals surface area contributed by atoms with Gasteiger partial charge in [-0.05, 0) is 42.6 Å². The second-order valence-electron chi connectivity index (χ2n) is 4.44. The molecule has 2 unspecified atom stereocenters. The predicted molar refractivity (Wildman–Crippen MR) is 68.5 cm³/mol. The summed E-state index contributed by atoms with van der Waals surface area (Å²) in [6.07, 6.45) is 2.42. The van der Waals surface area contributed by atoms with Crippen molar-refractivity contribution in [3.05, 3.63) is 35.4 Å². The second kappa shape index (κ2) is 5.04. The molecule has 1 aromatic carbocycles. The fourth-order valence-electron chi connectivity index (χ4n) is 2.01. The van der Waals surface area contributed by atoms with Gasteiger partial charge in [-0.3, -0.25) is 0 Å². The van der Waals surface area contributed by atoms with Crippen LogP contribution in [0.1, 0.15) is 30.4 Å². The summed E-state index contributed by atoms with van der Waals surface area (Å²) in [5.41, 5.74) is 8.85. The maximum Gasteiger partial charge on any atom is 0.00183 e. The molecule has 0 aromatic heterocycles. The van der Waals surface area contributed by atoms with E-state index in [9.17, 15) is 0 Å². The van der Waals surface area contributed by atoms with E-state index < -0.39 is 0 Å². The summed E-state index contributed by atoms with van der Waals surface area (Å²) in [7, 11) is 0. The monoisotopic (exact) mass is 221 g/mol. The van der Waals surface area contributed by atoms with Crippen LogP contribution in [0.5, 0.6) is 0 Å². The number of hydrogen-bond acceptors (Lipinski definition) is 2. The third-order valence-electron chi connectivity index (χ3n) is 3.00. The molecule has 0 saturated carbocycles. The number of nitrogens with two attached hydrogens (primary N) is 1. The van der Waals surface area contributed by atoms with Crippen molar-refractivity contribution in [2.75, 3.05) is 11.5 Å².